The lowest BCUT2D eigenvalue weighted by molar-refractivity contribution is 0.101. The molecule has 1 amide bonds. The summed E-state index contributed by atoms with van der Waals surface area (Å²) >= 11 is 0. The van der Waals surface area contributed by atoms with E-state index < -0.39 is 5.91 Å². The van der Waals surface area contributed by atoms with Gasteiger partial charge in [-0.15, -0.1) is 5.10 Å². The lowest BCUT2D eigenvalue weighted by atomic mass is 10.1. The summed E-state index contributed by atoms with van der Waals surface area (Å²) < 4.78 is 6.66. The first-order chi connectivity index (χ1) is 16.5. The molecule has 5 rings (SSSR count). The molecule has 0 fully saturated rings. The smallest absolute Gasteiger partial charge is 0.279 e. The van der Waals surface area contributed by atoms with Crippen molar-refractivity contribution >= 4 is 46.0 Å². The Morgan fingerprint density at radius 2 is 1.97 bits per heavy atom. The molecule has 0 aliphatic rings. The van der Waals surface area contributed by atoms with Crippen molar-refractivity contribution in [3.8, 4) is 5.82 Å². The van der Waals surface area contributed by atoms with Crippen molar-refractivity contribution in [3.63, 3.8) is 0 Å². The van der Waals surface area contributed by atoms with Crippen LogP contribution in [0.15, 0.2) is 71.3 Å². The molecule has 0 saturated carbocycles. The number of hydrogen-bond acceptors (Lipinski definition) is 8. The van der Waals surface area contributed by atoms with Gasteiger partial charge in [0.05, 0.1) is 5.52 Å². The number of aryl methyl sites for hydroxylation is 1. The monoisotopic (exact) mass is 452 g/mol. The number of para-hydroxylation sites is 1. The summed E-state index contributed by atoms with van der Waals surface area (Å²) in [6, 6.07) is 19.9. The number of nitrogens with zero attached hydrogens (tertiary/aromatic N) is 4. The first-order valence-electron chi connectivity index (χ1n) is 10.4. The van der Waals surface area contributed by atoms with Crippen LogP contribution in [0.3, 0.4) is 0 Å². The summed E-state index contributed by atoms with van der Waals surface area (Å²) in [5.41, 5.74) is 8.80. The summed E-state index contributed by atoms with van der Waals surface area (Å²) in [5.74, 6) is 1.62. The molecular weight excluding hydrogens is 432 g/mol. The zero-order valence-corrected chi connectivity index (χ0v) is 18.1. The molecule has 0 atom stereocenters. The fourth-order valence-electron chi connectivity index (χ4n) is 3.51. The fourth-order valence-corrected chi connectivity index (χ4v) is 3.51. The molecule has 0 bridgehead atoms. The van der Waals surface area contributed by atoms with Gasteiger partial charge < -0.3 is 26.3 Å². The van der Waals surface area contributed by atoms with Crippen molar-refractivity contribution in [1.29, 1.82) is 5.41 Å². The molecule has 3 aromatic heterocycles. The second-order valence-corrected chi connectivity index (χ2v) is 7.55. The molecule has 5 N–H and O–H groups in total. The molecule has 0 spiro atoms. The Bertz CT molecular complexity index is 1540. The highest BCUT2D eigenvalue weighted by Gasteiger charge is 2.15. The number of aromatic nitrogens is 4. The molecule has 0 saturated heterocycles. The van der Waals surface area contributed by atoms with E-state index in [1.165, 1.54) is 6.21 Å². The molecule has 0 unspecified atom stereocenters. The van der Waals surface area contributed by atoms with E-state index in [4.69, 9.17) is 20.8 Å². The molecule has 3 heterocycles. The van der Waals surface area contributed by atoms with Crippen LogP contribution in [0.5, 0.6) is 0 Å². The van der Waals surface area contributed by atoms with Crippen molar-refractivity contribution in [2.45, 2.75) is 6.92 Å². The lowest BCUT2D eigenvalue weighted by Crippen LogP contribution is -2.14. The molecule has 0 radical (unpaired) electrons. The molecule has 2 aromatic carbocycles. The second kappa shape index (κ2) is 8.51. The van der Waals surface area contributed by atoms with Gasteiger partial charge in [0, 0.05) is 34.6 Å². The summed E-state index contributed by atoms with van der Waals surface area (Å²) in [5, 5.41) is 22.9. The van der Waals surface area contributed by atoms with Gasteiger partial charge in [-0.05, 0) is 49.4 Å². The number of amides is 1. The third-order valence-electron chi connectivity index (χ3n) is 5.15. The van der Waals surface area contributed by atoms with Crippen LogP contribution in [0.4, 0.5) is 23.0 Å². The van der Waals surface area contributed by atoms with E-state index in [0.717, 1.165) is 16.6 Å². The number of pyridine rings is 1. The van der Waals surface area contributed by atoms with Gasteiger partial charge in [0.2, 0.25) is 0 Å². The van der Waals surface area contributed by atoms with Gasteiger partial charge in [0.1, 0.15) is 11.6 Å². The predicted molar refractivity (Wildman–Crippen MR) is 130 cm³/mol. The summed E-state index contributed by atoms with van der Waals surface area (Å²) in [6.07, 6.45) is 1.21. The van der Waals surface area contributed by atoms with Crippen molar-refractivity contribution in [3.05, 3.63) is 83.7 Å². The first kappa shape index (κ1) is 20.9. The van der Waals surface area contributed by atoms with E-state index in [2.05, 4.69) is 20.8 Å². The largest absolute Gasteiger partial charge is 0.398 e. The quantitative estimate of drug-likeness (QED) is 0.222. The van der Waals surface area contributed by atoms with E-state index >= 15 is 0 Å². The Balaban J connectivity index is 1.49. The minimum absolute atomic E-state index is 0.175. The molecule has 10 heteroatoms. The lowest BCUT2D eigenvalue weighted by Gasteiger charge is -2.07. The zero-order valence-electron chi connectivity index (χ0n) is 18.1. The average Bonchev–Trinajstić information content (AvgIpc) is 3.44. The Morgan fingerprint density at radius 1 is 1.12 bits per heavy atom. The zero-order chi connectivity index (χ0) is 23.7. The third kappa shape index (κ3) is 3.95. The van der Waals surface area contributed by atoms with Crippen LogP contribution < -0.4 is 16.4 Å². The Morgan fingerprint density at radius 3 is 2.76 bits per heavy atom. The van der Waals surface area contributed by atoms with Crippen molar-refractivity contribution in [2.24, 2.45) is 0 Å². The summed E-state index contributed by atoms with van der Waals surface area (Å²) in [4.78, 5) is 17.0. The number of fused-ring (bicyclic) bond motifs is 1. The predicted octanol–water partition coefficient (Wildman–Crippen LogP) is 4.29. The van der Waals surface area contributed by atoms with Crippen LogP contribution in [-0.4, -0.2) is 32.0 Å². The molecule has 10 nitrogen and oxygen atoms in total. The molecule has 5 aromatic rings. The van der Waals surface area contributed by atoms with Gasteiger partial charge in [-0.2, -0.15) is 0 Å². The third-order valence-corrected chi connectivity index (χ3v) is 5.15. The van der Waals surface area contributed by atoms with Gasteiger partial charge >= 0.3 is 0 Å². The van der Waals surface area contributed by atoms with Gasteiger partial charge in [0.15, 0.2) is 17.3 Å². The van der Waals surface area contributed by atoms with Crippen LogP contribution in [0.1, 0.15) is 21.8 Å². The number of carbonyl (C=O) groups excluding carboxylic acids is 1. The van der Waals surface area contributed by atoms with E-state index in [9.17, 15) is 4.79 Å². The number of nitrogens with one attached hydrogen (secondary N) is 3. The number of hydrogen-bond donors (Lipinski definition) is 4. The van der Waals surface area contributed by atoms with E-state index in [1.54, 1.807) is 48.0 Å². The van der Waals surface area contributed by atoms with E-state index in [1.807, 2.05) is 30.3 Å². The molecular formula is C24H20N8O2. The number of carbonyl (C=O) groups is 1. The van der Waals surface area contributed by atoms with Crippen LogP contribution in [0.2, 0.25) is 0 Å². The Hall–Kier alpha value is -4.99. The highest BCUT2D eigenvalue weighted by molar-refractivity contribution is 6.02. The molecule has 34 heavy (non-hydrogen) atoms. The topological polar surface area (TPSA) is 148 Å². The van der Waals surface area contributed by atoms with Crippen molar-refractivity contribution in [2.75, 3.05) is 16.4 Å². The van der Waals surface area contributed by atoms with Crippen LogP contribution in [0, 0.1) is 12.3 Å². The van der Waals surface area contributed by atoms with E-state index in [-0.39, 0.29) is 5.69 Å². The highest BCUT2D eigenvalue weighted by Crippen LogP contribution is 2.29. The van der Waals surface area contributed by atoms with E-state index in [0.29, 0.717) is 34.5 Å². The second-order valence-electron chi connectivity index (χ2n) is 7.55. The van der Waals surface area contributed by atoms with Crippen LogP contribution in [-0.2, 0) is 0 Å². The minimum Gasteiger partial charge on any atom is -0.398 e. The number of nitrogen functional groups attached to an aromatic ring is 1. The summed E-state index contributed by atoms with van der Waals surface area (Å²) in [7, 11) is 0. The Kier molecular flexibility index (Phi) is 5.23. The molecule has 168 valence electrons. The maximum absolute atomic E-state index is 12.4. The maximum Gasteiger partial charge on any atom is 0.279 e. The van der Waals surface area contributed by atoms with Crippen molar-refractivity contribution < 1.29 is 9.32 Å². The normalized spacial score (nSPS) is 10.9. The van der Waals surface area contributed by atoms with Gasteiger partial charge in [-0.1, -0.05) is 23.4 Å². The highest BCUT2D eigenvalue weighted by atomic mass is 16.5. The first-order valence-corrected chi connectivity index (χ1v) is 10.4. The molecule has 0 aliphatic carbocycles. The fraction of sp³-hybridized carbons (Fsp3) is 0.0417. The van der Waals surface area contributed by atoms with Crippen LogP contribution in [0.25, 0.3) is 16.7 Å². The SMILES string of the molecule is Cc1cc(C(=O)Nc2cccc(-n3nc(Nc4ccc(N)c(C=N)c4)c4ccccc43)n2)no1. The Labute approximate surface area is 193 Å². The summed E-state index contributed by atoms with van der Waals surface area (Å²) in [6.45, 7) is 1.72. The van der Waals surface area contributed by atoms with Gasteiger partial charge in [-0.3, -0.25) is 4.79 Å². The molecule has 0 aliphatic heterocycles. The number of benzene rings is 2. The standard InChI is InChI=1S/C24H20N8O2/c1-14-11-19(31-34-14)24(33)29-21-7-4-8-22(28-21)32-20-6-3-2-5-17(20)23(30-32)27-16-9-10-18(26)15(12-16)13-25/h2-13,25H,26H2,1H3,(H,27,30)(H,28,29,33). The maximum atomic E-state index is 12.4. The number of nitrogens with two attached hydrogens (primary N) is 1. The minimum atomic E-state index is -0.417. The number of anilines is 4. The van der Waals surface area contributed by atoms with Gasteiger partial charge in [-0.25, -0.2) is 9.67 Å². The van der Waals surface area contributed by atoms with Crippen molar-refractivity contribution in [1.82, 2.24) is 19.9 Å². The average molecular weight is 452 g/mol. The number of rotatable bonds is 6. The van der Waals surface area contributed by atoms with Gasteiger partial charge in [0.25, 0.3) is 5.91 Å². The van der Waals surface area contributed by atoms with Crippen LogP contribution >= 0.6 is 0 Å².